The van der Waals surface area contributed by atoms with E-state index >= 15 is 0 Å². The quantitative estimate of drug-likeness (QED) is 0.661. The SMILES string of the molecule is O=C(CNC(=O)c1ccc(Cl)cc1)NCCCO. The van der Waals surface area contributed by atoms with Gasteiger partial charge in [0.2, 0.25) is 5.91 Å². The molecular weight excluding hydrogens is 256 g/mol. The minimum absolute atomic E-state index is 0.0252. The number of benzene rings is 1. The van der Waals surface area contributed by atoms with Gasteiger partial charge in [0.1, 0.15) is 0 Å². The van der Waals surface area contributed by atoms with Crippen molar-refractivity contribution in [2.75, 3.05) is 19.7 Å². The second-order valence-electron chi connectivity index (χ2n) is 3.62. The molecule has 0 aliphatic rings. The first-order valence-corrected chi connectivity index (χ1v) is 5.92. The van der Waals surface area contributed by atoms with Gasteiger partial charge in [0.05, 0.1) is 6.54 Å². The monoisotopic (exact) mass is 270 g/mol. The maximum Gasteiger partial charge on any atom is 0.251 e. The first kappa shape index (κ1) is 14.5. The van der Waals surface area contributed by atoms with Gasteiger partial charge in [0.15, 0.2) is 0 Å². The van der Waals surface area contributed by atoms with Gasteiger partial charge in [0.25, 0.3) is 5.91 Å². The van der Waals surface area contributed by atoms with Crippen LogP contribution in [0.5, 0.6) is 0 Å². The van der Waals surface area contributed by atoms with Crippen molar-refractivity contribution in [3.05, 3.63) is 34.9 Å². The molecule has 0 aliphatic heterocycles. The molecule has 6 heteroatoms. The topological polar surface area (TPSA) is 78.4 Å². The molecule has 0 fully saturated rings. The van der Waals surface area contributed by atoms with E-state index in [1.165, 1.54) is 0 Å². The van der Waals surface area contributed by atoms with Crippen molar-refractivity contribution in [3.8, 4) is 0 Å². The van der Waals surface area contributed by atoms with Crippen molar-refractivity contribution < 1.29 is 14.7 Å². The van der Waals surface area contributed by atoms with Crippen LogP contribution in [0.3, 0.4) is 0 Å². The average molecular weight is 271 g/mol. The molecule has 0 aliphatic carbocycles. The minimum atomic E-state index is -0.330. The normalized spacial score (nSPS) is 9.89. The number of carbonyl (C=O) groups is 2. The summed E-state index contributed by atoms with van der Waals surface area (Å²) in [6.45, 7) is 0.330. The van der Waals surface area contributed by atoms with Crippen LogP contribution in [-0.2, 0) is 4.79 Å². The lowest BCUT2D eigenvalue weighted by molar-refractivity contribution is -0.120. The van der Waals surface area contributed by atoms with Gasteiger partial charge >= 0.3 is 0 Å². The number of rotatable bonds is 6. The Bertz CT molecular complexity index is 406. The van der Waals surface area contributed by atoms with E-state index in [4.69, 9.17) is 16.7 Å². The van der Waals surface area contributed by atoms with Crippen LogP contribution in [0, 0.1) is 0 Å². The average Bonchev–Trinajstić information content (AvgIpc) is 2.37. The molecule has 0 saturated carbocycles. The standard InChI is InChI=1S/C12H15ClN2O3/c13-10-4-2-9(3-5-10)12(18)15-8-11(17)14-6-1-7-16/h2-5,16H,1,6-8H2,(H,14,17)(H,15,18). The predicted octanol–water partition coefficient (Wildman–Crippen LogP) is 0.568. The molecule has 0 aromatic heterocycles. The number of amides is 2. The third kappa shape index (κ3) is 5.16. The molecule has 2 amide bonds. The summed E-state index contributed by atoms with van der Waals surface area (Å²) < 4.78 is 0. The maximum absolute atomic E-state index is 11.6. The number of nitrogens with one attached hydrogen (secondary N) is 2. The number of carbonyl (C=O) groups excluding carboxylic acids is 2. The van der Waals surface area contributed by atoms with Crippen molar-refractivity contribution in [1.82, 2.24) is 10.6 Å². The fraction of sp³-hybridized carbons (Fsp3) is 0.333. The van der Waals surface area contributed by atoms with Crippen molar-refractivity contribution in [1.29, 1.82) is 0 Å². The van der Waals surface area contributed by atoms with E-state index in [0.717, 1.165) is 0 Å². The summed E-state index contributed by atoms with van der Waals surface area (Å²) in [5, 5.41) is 14.1. The highest BCUT2D eigenvalue weighted by Gasteiger charge is 2.07. The smallest absolute Gasteiger partial charge is 0.251 e. The highest BCUT2D eigenvalue weighted by atomic mass is 35.5. The highest BCUT2D eigenvalue weighted by molar-refractivity contribution is 6.30. The van der Waals surface area contributed by atoms with E-state index in [2.05, 4.69) is 10.6 Å². The zero-order valence-electron chi connectivity index (χ0n) is 9.78. The number of aliphatic hydroxyl groups is 1. The van der Waals surface area contributed by atoms with Crippen molar-refractivity contribution in [3.63, 3.8) is 0 Å². The zero-order chi connectivity index (χ0) is 13.4. The van der Waals surface area contributed by atoms with E-state index in [9.17, 15) is 9.59 Å². The Morgan fingerprint density at radius 2 is 1.83 bits per heavy atom. The summed E-state index contributed by atoms with van der Waals surface area (Å²) >= 11 is 5.70. The maximum atomic E-state index is 11.6. The van der Waals surface area contributed by atoms with E-state index in [0.29, 0.717) is 23.6 Å². The molecule has 1 rings (SSSR count). The third-order valence-corrected chi connectivity index (χ3v) is 2.42. The van der Waals surface area contributed by atoms with E-state index in [1.54, 1.807) is 24.3 Å². The molecule has 5 nitrogen and oxygen atoms in total. The lowest BCUT2D eigenvalue weighted by Gasteiger charge is -2.06. The van der Waals surface area contributed by atoms with Gasteiger partial charge in [-0.1, -0.05) is 11.6 Å². The molecule has 1 aromatic rings. The molecule has 18 heavy (non-hydrogen) atoms. The second kappa shape index (κ2) is 7.68. The Morgan fingerprint density at radius 3 is 2.44 bits per heavy atom. The van der Waals surface area contributed by atoms with E-state index in [1.807, 2.05) is 0 Å². The molecule has 1 aromatic carbocycles. The Hall–Kier alpha value is -1.59. The van der Waals surface area contributed by atoms with Gasteiger partial charge in [-0.2, -0.15) is 0 Å². The molecule has 0 spiro atoms. The van der Waals surface area contributed by atoms with Crippen LogP contribution < -0.4 is 10.6 Å². The Labute approximate surface area is 110 Å². The second-order valence-corrected chi connectivity index (χ2v) is 4.05. The molecule has 0 atom stereocenters. The summed E-state index contributed by atoms with van der Waals surface area (Å²) in [7, 11) is 0. The Kier molecular flexibility index (Phi) is 6.18. The number of hydrogen-bond donors (Lipinski definition) is 3. The third-order valence-electron chi connectivity index (χ3n) is 2.17. The fourth-order valence-corrected chi connectivity index (χ4v) is 1.36. The van der Waals surface area contributed by atoms with Crippen LogP contribution in [0.15, 0.2) is 24.3 Å². The summed E-state index contributed by atoms with van der Waals surface area (Å²) in [6, 6.07) is 6.39. The lowest BCUT2D eigenvalue weighted by Crippen LogP contribution is -2.37. The molecular formula is C12H15ClN2O3. The lowest BCUT2D eigenvalue weighted by atomic mass is 10.2. The van der Waals surface area contributed by atoms with Crippen LogP contribution in [0.1, 0.15) is 16.8 Å². The van der Waals surface area contributed by atoms with Crippen LogP contribution in [-0.4, -0.2) is 36.6 Å². The highest BCUT2D eigenvalue weighted by Crippen LogP contribution is 2.08. The number of halogens is 1. The minimum Gasteiger partial charge on any atom is -0.396 e. The summed E-state index contributed by atoms with van der Waals surface area (Å²) in [6.07, 6.45) is 0.497. The molecule has 0 saturated heterocycles. The summed E-state index contributed by atoms with van der Waals surface area (Å²) in [4.78, 5) is 22.9. The van der Waals surface area contributed by atoms with E-state index < -0.39 is 0 Å². The van der Waals surface area contributed by atoms with Crippen molar-refractivity contribution in [2.45, 2.75) is 6.42 Å². The van der Waals surface area contributed by atoms with Crippen molar-refractivity contribution in [2.24, 2.45) is 0 Å². The van der Waals surface area contributed by atoms with Crippen LogP contribution in [0.25, 0.3) is 0 Å². The first-order valence-electron chi connectivity index (χ1n) is 5.55. The largest absolute Gasteiger partial charge is 0.396 e. The van der Waals surface area contributed by atoms with Gasteiger partial charge in [-0.05, 0) is 30.7 Å². The molecule has 3 N–H and O–H groups in total. The van der Waals surface area contributed by atoms with Gasteiger partial charge in [-0.3, -0.25) is 9.59 Å². The molecule has 0 heterocycles. The molecule has 98 valence electrons. The Balaban J connectivity index is 2.32. The van der Waals surface area contributed by atoms with Crippen LogP contribution in [0.2, 0.25) is 5.02 Å². The van der Waals surface area contributed by atoms with Gasteiger partial charge < -0.3 is 15.7 Å². The van der Waals surface area contributed by atoms with Crippen molar-refractivity contribution >= 4 is 23.4 Å². The number of hydrogen-bond acceptors (Lipinski definition) is 3. The fourth-order valence-electron chi connectivity index (χ4n) is 1.23. The van der Waals surface area contributed by atoms with Crippen LogP contribution >= 0.6 is 11.6 Å². The van der Waals surface area contributed by atoms with Crippen LogP contribution in [0.4, 0.5) is 0 Å². The van der Waals surface area contributed by atoms with Gasteiger partial charge in [-0.25, -0.2) is 0 Å². The van der Waals surface area contributed by atoms with Gasteiger partial charge in [-0.15, -0.1) is 0 Å². The summed E-state index contributed by atoms with van der Waals surface area (Å²) in [5.74, 6) is -0.616. The van der Waals surface area contributed by atoms with E-state index in [-0.39, 0.29) is 25.0 Å². The predicted molar refractivity (Wildman–Crippen MR) is 68.5 cm³/mol. The number of aliphatic hydroxyl groups excluding tert-OH is 1. The first-order chi connectivity index (χ1) is 8.63. The zero-order valence-corrected chi connectivity index (χ0v) is 10.5. The van der Waals surface area contributed by atoms with Gasteiger partial charge in [0, 0.05) is 23.7 Å². The summed E-state index contributed by atoms with van der Waals surface area (Å²) in [5.41, 5.74) is 0.447. The molecule has 0 unspecified atom stereocenters. The molecule has 0 bridgehead atoms. The Morgan fingerprint density at radius 1 is 1.17 bits per heavy atom. The molecule has 0 radical (unpaired) electrons.